The molecule has 0 saturated heterocycles. The molecule has 1 aromatic heterocycles. The van der Waals surface area contributed by atoms with E-state index in [0.29, 0.717) is 0 Å². The maximum absolute atomic E-state index is 11.1. The average molecular weight is 279 g/mol. The highest BCUT2D eigenvalue weighted by atomic mass is 16.1. The van der Waals surface area contributed by atoms with Crippen LogP contribution in [0.15, 0.2) is 36.4 Å². The van der Waals surface area contributed by atoms with Crippen molar-refractivity contribution in [2.45, 2.75) is 20.8 Å². The standard InChI is InChI=1S/C17H17N3O/c1-10-4-5-11(2)14(8-10)17-19-15-7-6-13(18-12(3)21)9-16(15)20-17/h4-9H,1-3H3,(H,18,21)(H,19,20). The van der Waals surface area contributed by atoms with Crippen molar-refractivity contribution in [1.82, 2.24) is 9.97 Å². The molecule has 1 amide bonds. The summed E-state index contributed by atoms with van der Waals surface area (Å²) in [5, 5.41) is 2.78. The third kappa shape index (κ3) is 2.65. The number of imidazole rings is 1. The molecule has 4 heteroatoms. The van der Waals surface area contributed by atoms with Gasteiger partial charge in [0.25, 0.3) is 0 Å². The molecule has 3 aromatic rings. The molecule has 3 rings (SSSR count). The molecule has 0 fully saturated rings. The number of amides is 1. The molecule has 0 bridgehead atoms. The number of hydrogen-bond donors (Lipinski definition) is 2. The first kappa shape index (κ1) is 13.4. The van der Waals surface area contributed by atoms with Crippen LogP contribution in [0.4, 0.5) is 5.69 Å². The summed E-state index contributed by atoms with van der Waals surface area (Å²) >= 11 is 0. The van der Waals surface area contributed by atoms with Crippen LogP contribution in [0.2, 0.25) is 0 Å². The Bertz CT molecular complexity index is 833. The van der Waals surface area contributed by atoms with Crippen LogP contribution >= 0.6 is 0 Å². The lowest BCUT2D eigenvalue weighted by Gasteiger charge is -2.03. The Morgan fingerprint density at radius 1 is 1.14 bits per heavy atom. The molecule has 0 atom stereocenters. The van der Waals surface area contributed by atoms with Gasteiger partial charge in [0.2, 0.25) is 5.91 Å². The van der Waals surface area contributed by atoms with Crippen molar-refractivity contribution in [1.29, 1.82) is 0 Å². The SMILES string of the molecule is CC(=O)Nc1ccc2nc(-c3cc(C)ccc3C)[nH]c2c1. The Morgan fingerprint density at radius 2 is 1.95 bits per heavy atom. The Morgan fingerprint density at radius 3 is 2.71 bits per heavy atom. The van der Waals surface area contributed by atoms with E-state index in [1.165, 1.54) is 18.1 Å². The summed E-state index contributed by atoms with van der Waals surface area (Å²) in [7, 11) is 0. The summed E-state index contributed by atoms with van der Waals surface area (Å²) in [6.45, 7) is 5.64. The molecular formula is C17H17N3O. The molecule has 0 unspecified atom stereocenters. The number of hydrogen-bond acceptors (Lipinski definition) is 2. The smallest absolute Gasteiger partial charge is 0.221 e. The van der Waals surface area contributed by atoms with E-state index in [0.717, 1.165) is 28.1 Å². The topological polar surface area (TPSA) is 57.8 Å². The number of H-pyrrole nitrogens is 1. The lowest BCUT2D eigenvalue weighted by atomic mass is 10.1. The zero-order valence-corrected chi connectivity index (χ0v) is 12.3. The molecule has 4 nitrogen and oxygen atoms in total. The number of nitrogens with one attached hydrogen (secondary N) is 2. The van der Waals surface area contributed by atoms with Gasteiger partial charge in [-0.25, -0.2) is 4.98 Å². The quantitative estimate of drug-likeness (QED) is 0.749. The minimum atomic E-state index is -0.0800. The molecule has 0 aliphatic heterocycles. The zero-order valence-electron chi connectivity index (χ0n) is 12.3. The highest BCUT2D eigenvalue weighted by molar-refractivity contribution is 5.92. The van der Waals surface area contributed by atoms with E-state index in [-0.39, 0.29) is 5.91 Å². The van der Waals surface area contributed by atoms with Crippen LogP contribution < -0.4 is 5.32 Å². The Balaban J connectivity index is 2.08. The second kappa shape index (κ2) is 5.05. The molecule has 106 valence electrons. The maximum Gasteiger partial charge on any atom is 0.221 e. The second-order valence-corrected chi connectivity index (χ2v) is 5.32. The largest absolute Gasteiger partial charge is 0.338 e. The van der Waals surface area contributed by atoms with Crippen LogP contribution in [-0.2, 0) is 4.79 Å². The first-order chi connectivity index (χ1) is 10.0. The van der Waals surface area contributed by atoms with Crippen molar-refractivity contribution in [3.63, 3.8) is 0 Å². The van der Waals surface area contributed by atoms with Gasteiger partial charge in [-0.1, -0.05) is 17.7 Å². The molecule has 0 saturated carbocycles. The maximum atomic E-state index is 11.1. The molecule has 1 heterocycles. The van der Waals surface area contributed by atoms with Crippen LogP contribution in [0.3, 0.4) is 0 Å². The molecule has 0 radical (unpaired) electrons. The predicted octanol–water partition coefficient (Wildman–Crippen LogP) is 3.81. The molecular weight excluding hydrogens is 262 g/mol. The lowest BCUT2D eigenvalue weighted by molar-refractivity contribution is -0.114. The van der Waals surface area contributed by atoms with Crippen LogP contribution in [-0.4, -0.2) is 15.9 Å². The van der Waals surface area contributed by atoms with E-state index >= 15 is 0 Å². The van der Waals surface area contributed by atoms with E-state index in [9.17, 15) is 4.79 Å². The van der Waals surface area contributed by atoms with Crippen LogP contribution in [0, 0.1) is 13.8 Å². The highest BCUT2D eigenvalue weighted by Gasteiger charge is 2.09. The molecule has 0 aliphatic carbocycles. The predicted molar refractivity (Wildman–Crippen MR) is 85.3 cm³/mol. The monoisotopic (exact) mass is 279 g/mol. The number of rotatable bonds is 2. The molecule has 0 spiro atoms. The summed E-state index contributed by atoms with van der Waals surface area (Å²) in [5.74, 6) is 0.773. The minimum Gasteiger partial charge on any atom is -0.338 e. The van der Waals surface area contributed by atoms with E-state index in [1.807, 2.05) is 18.2 Å². The fourth-order valence-corrected chi connectivity index (χ4v) is 2.41. The van der Waals surface area contributed by atoms with Gasteiger partial charge in [-0.05, 0) is 43.7 Å². The average Bonchev–Trinajstić information content (AvgIpc) is 2.83. The van der Waals surface area contributed by atoms with Gasteiger partial charge in [-0.2, -0.15) is 0 Å². The number of benzene rings is 2. The summed E-state index contributed by atoms with van der Waals surface area (Å²) in [4.78, 5) is 19.1. The van der Waals surface area contributed by atoms with Gasteiger partial charge < -0.3 is 10.3 Å². The van der Waals surface area contributed by atoms with Crippen molar-refractivity contribution < 1.29 is 4.79 Å². The van der Waals surface area contributed by atoms with E-state index < -0.39 is 0 Å². The van der Waals surface area contributed by atoms with Gasteiger partial charge in [0.1, 0.15) is 5.82 Å². The van der Waals surface area contributed by atoms with Crippen LogP contribution in [0.25, 0.3) is 22.4 Å². The van der Waals surface area contributed by atoms with E-state index in [1.54, 1.807) is 0 Å². The zero-order chi connectivity index (χ0) is 15.0. The summed E-state index contributed by atoms with van der Waals surface area (Å²) in [5.41, 5.74) is 6.06. The van der Waals surface area contributed by atoms with Crippen molar-refractivity contribution in [3.8, 4) is 11.4 Å². The highest BCUT2D eigenvalue weighted by Crippen LogP contribution is 2.26. The van der Waals surface area contributed by atoms with Crippen molar-refractivity contribution in [3.05, 3.63) is 47.5 Å². The van der Waals surface area contributed by atoms with Crippen molar-refractivity contribution >= 4 is 22.6 Å². The first-order valence-electron chi connectivity index (χ1n) is 6.88. The number of aryl methyl sites for hydroxylation is 2. The third-order valence-electron chi connectivity index (χ3n) is 3.45. The number of anilines is 1. The van der Waals surface area contributed by atoms with E-state index in [2.05, 4.69) is 47.3 Å². The van der Waals surface area contributed by atoms with Crippen molar-refractivity contribution in [2.24, 2.45) is 0 Å². The van der Waals surface area contributed by atoms with Crippen LogP contribution in [0.5, 0.6) is 0 Å². The fourth-order valence-electron chi connectivity index (χ4n) is 2.41. The number of fused-ring (bicyclic) bond motifs is 1. The van der Waals surface area contributed by atoms with Gasteiger partial charge in [-0.15, -0.1) is 0 Å². The minimum absolute atomic E-state index is 0.0800. The Kier molecular flexibility index (Phi) is 3.22. The normalized spacial score (nSPS) is 10.8. The number of aromatic nitrogens is 2. The molecule has 21 heavy (non-hydrogen) atoms. The van der Waals surface area contributed by atoms with Crippen LogP contribution in [0.1, 0.15) is 18.1 Å². The molecule has 2 N–H and O–H groups in total. The number of aromatic amines is 1. The summed E-state index contributed by atoms with van der Waals surface area (Å²) in [6.07, 6.45) is 0. The van der Waals surface area contributed by atoms with Gasteiger partial charge in [0.05, 0.1) is 11.0 Å². The molecule has 0 aliphatic rings. The number of carbonyl (C=O) groups excluding carboxylic acids is 1. The van der Waals surface area contributed by atoms with Crippen molar-refractivity contribution in [2.75, 3.05) is 5.32 Å². The van der Waals surface area contributed by atoms with Gasteiger partial charge in [-0.3, -0.25) is 4.79 Å². The number of carbonyl (C=O) groups is 1. The van der Waals surface area contributed by atoms with Gasteiger partial charge in [0.15, 0.2) is 0 Å². The molecule has 2 aromatic carbocycles. The second-order valence-electron chi connectivity index (χ2n) is 5.32. The van der Waals surface area contributed by atoms with Gasteiger partial charge in [0, 0.05) is 18.2 Å². The fraction of sp³-hybridized carbons (Fsp3) is 0.176. The Hall–Kier alpha value is -2.62. The third-order valence-corrected chi connectivity index (χ3v) is 3.45. The Labute approximate surface area is 123 Å². The summed E-state index contributed by atoms with van der Waals surface area (Å²) < 4.78 is 0. The summed E-state index contributed by atoms with van der Waals surface area (Å²) in [6, 6.07) is 12.0. The first-order valence-corrected chi connectivity index (χ1v) is 6.88. The lowest BCUT2D eigenvalue weighted by Crippen LogP contribution is -2.05. The van der Waals surface area contributed by atoms with E-state index in [4.69, 9.17) is 0 Å². The number of nitrogens with zero attached hydrogens (tertiary/aromatic N) is 1. The van der Waals surface area contributed by atoms with Gasteiger partial charge >= 0.3 is 0 Å².